The highest BCUT2D eigenvalue weighted by Gasteiger charge is 2.21. The van der Waals surface area contributed by atoms with Gasteiger partial charge in [0, 0.05) is 18.1 Å². The van der Waals surface area contributed by atoms with E-state index >= 15 is 0 Å². The van der Waals surface area contributed by atoms with E-state index in [1.165, 1.54) is 0 Å². The number of para-hydroxylation sites is 1. The number of amides is 2. The van der Waals surface area contributed by atoms with Gasteiger partial charge in [-0.2, -0.15) is 0 Å². The molecule has 0 saturated heterocycles. The lowest BCUT2D eigenvalue weighted by molar-refractivity contribution is 0.129. The van der Waals surface area contributed by atoms with Gasteiger partial charge >= 0.3 is 6.03 Å². The fourth-order valence-electron chi connectivity index (χ4n) is 2.56. The van der Waals surface area contributed by atoms with Crippen LogP contribution >= 0.6 is 0 Å². The van der Waals surface area contributed by atoms with Gasteiger partial charge in [0.15, 0.2) is 0 Å². The molecular formula is C17H23N3O2. The standard InChI is InChI=1S/C17H23N3O2/c1-12(21)10-17(2,3)11-19-16(22)20-14-8-4-6-13-7-5-9-18-15(13)14/h4-9,12,21H,10-11H2,1-3H3,(H2,19,20,22). The Bertz CT molecular complexity index is 648. The molecular weight excluding hydrogens is 278 g/mol. The number of rotatable bonds is 5. The zero-order chi connectivity index (χ0) is 16.2. The molecule has 0 bridgehead atoms. The third kappa shape index (κ3) is 4.43. The Morgan fingerprint density at radius 2 is 2.05 bits per heavy atom. The molecule has 2 aromatic rings. The van der Waals surface area contributed by atoms with Crippen LogP contribution in [0.5, 0.6) is 0 Å². The van der Waals surface area contributed by atoms with Gasteiger partial charge in [-0.3, -0.25) is 4.98 Å². The Labute approximate surface area is 130 Å². The fourth-order valence-corrected chi connectivity index (χ4v) is 2.56. The number of aliphatic hydroxyl groups is 1. The van der Waals surface area contributed by atoms with Crippen LogP contribution in [0.2, 0.25) is 0 Å². The number of nitrogens with one attached hydrogen (secondary N) is 2. The number of aromatic nitrogens is 1. The number of urea groups is 1. The summed E-state index contributed by atoms with van der Waals surface area (Å²) >= 11 is 0. The molecule has 1 aromatic carbocycles. The van der Waals surface area contributed by atoms with E-state index < -0.39 is 0 Å². The molecule has 0 aliphatic rings. The molecule has 1 aromatic heterocycles. The maximum absolute atomic E-state index is 12.1. The molecule has 0 aliphatic carbocycles. The van der Waals surface area contributed by atoms with Crippen molar-refractivity contribution < 1.29 is 9.90 Å². The molecule has 5 heteroatoms. The number of anilines is 1. The zero-order valence-corrected chi connectivity index (χ0v) is 13.3. The van der Waals surface area contributed by atoms with Crippen LogP contribution in [-0.4, -0.2) is 28.8 Å². The van der Waals surface area contributed by atoms with Gasteiger partial charge in [-0.1, -0.05) is 32.0 Å². The Kier molecular flexibility index (Phi) is 4.98. The first-order valence-corrected chi connectivity index (χ1v) is 7.44. The van der Waals surface area contributed by atoms with Gasteiger partial charge < -0.3 is 15.7 Å². The maximum Gasteiger partial charge on any atom is 0.319 e. The van der Waals surface area contributed by atoms with Crippen LogP contribution in [0.15, 0.2) is 36.5 Å². The summed E-state index contributed by atoms with van der Waals surface area (Å²) in [5.74, 6) is 0. The van der Waals surface area contributed by atoms with E-state index in [-0.39, 0.29) is 17.6 Å². The van der Waals surface area contributed by atoms with Crippen LogP contribution in [0.3, 0.4) is 0 Å². The zero-order valence-electron chi connectivity index (χ0n) is 13.3. The topological polar surface area (TPSA) is 74.2 Å². The van der Waals surface area contributed by atoms with E-state index in [0.29, 0.717) is 18.7 Å². The molecule has 1 atom stereocenters. The SMILES string of the molecule is CC(O)CC(C)(C)CNC(=O)Nc1cccc2cccnc12. The van der Waals surface area contributed by atoms with Crippen LogP contribution < -0.4 is 10.6 Å². The number of hydrogen-bond donors (Lipinski definition) is 3. The van der Waals surface area contributed by atoms with Gasteiger partial charge in [0.2, 0.25) is 0 Å². The van der Waals surface area contributed by atoms with Crippen molar-refractivity contribution in [3.8, 4) is 0 Å². The fraction of sp³-hybridized carbons (Fsp3) is 0.412. The second kappa shape index (κ2) is 6.75. The predicted molar refractivity (Wildman–Crippen MR) is 88.8 cm³/mol. The van der Waals surface area contributed by atoms with Crippen molar-refractivity contribution in [2.24, 2.45) is 5.41 Å². The number of carbonyl (C=O) groups is 1. The summed E-state index contributed by atoms with van der Waals surface area (Å²) in [5.41, 5.74) is 1.29. The summed E-state index contributed by atoms with van der Waals surface area (Å²) in [4.78, 5) is 16.4. The van der Waals surface area contributed by atoms with Crippen molar-refractivity contribution in [1.29, 1.82) is 0 Å². The third-order valence-corrected chi connectivity index (χ3v) is 3.46. The lowest BCUT2D eigenvalue weighted by Crippen LogP contribution is -2.38. The molecule has 2 rings (SSSR count). The predicted octanol–water partition coefficient (Wildman–Crippen LogP) is 3.15. The van der Waals surface area contributed by atoms with Crippen LogP contribution in [0.25, 0.3) is 10.9 Å². The van der Waals surface area contributed by atoms with Crippen LogP contribution in [-0.2, 0) is 0 Å². The van der Waals surface area contributed by atoms with Crippen LogP contribution in [0.4, 0.5) is 10.5 Å². The Balaban J connectivity index is 2.00. The van der Waals surface area contributed by atoms with E-state index in [2.05, 4.69) is 15.6 Å². The molecule has 0 radical (unpaired) electrons. The minimum atomic E-state index is -0.387. The van der Waals surface area contributed by atoms with Crippen LogP contribution in [0, 0.1) is 5.41 Å². The van der Waals surface area contributed by atoms with Gasteiger partial charge in [-0.05, 0) is 30.9 Å². The van der Waals surface area contributed by atoms with Gasteiger partial charge in [0.25, 0.3) is 0 Å². The van der Waals surface area contributed by atoms with Crippen molar-refractivity contribution in [2.45, 2.75) is 33.3 Å². The van der Waals surface area contributed by atoms with E-state index in [1.54, 1.807) is 13.1 Å². The summed E-state index contributed by atoms with van der Waals surface area (Å²) in [5, 5.41) is 16.1. The average Bonchev–Trinajstić information content (AvgIpc) is 2.44. The molecule has 22 heavy (non-hydrogen) atoms. The molecule has 1 unspecified atom stereocenters. The molecule has 1 heterocycles. The maximum atomic E-state index is 12.1. The molecule has 0 aliphatic heterocycles. The first-order chi connectivity index (χ1) is 10.4. The summed E-state index contributed by atoms with van der Waals surface area (Å²) in [6.45, 7) is 6.27. The van der Waals surface area contributed by atoms with Gasteiger partial charge in [-0.25, -0.2) is 4.79 Å². The van der Waals surface area contributed by atoms with Crippen molar-refractivity contribution in [3.05, 3.63) is 36.5 Å². The van der Waals surface area contributed by atoms with E-state index in [0.717, 1.165) is 10.9 Å². The number of nitrogens with zero attached hydrogens (tertiary/aromatic N) is 1. The van der Waals surface area contributed by atoms with Gasteiger partial charge in [0.1, 0.15) is 0 Å². The van der Waals surface area contributed by atoms with E-state index in [4.69, 9.17) is 0 Å². The highest BCUT2D eigenvalue weighted by Crippen LogP contribution is 2.22. The highest BCUT2D eigenvalue weighted by atomic mass is 16.3. The molecule has 2 amide bonds. The Hall–Kier alpha value is -2.14. The Morgan fingerprint density at radius 3 is 2.77 bits per heavy atom. The smallest absolute Gasteiger partial charge is 0.319 e. The molecule has 3 N–H and O–H groups in total. The number of hydrogen-bond acceptors (Lipinski definition) is 3. The van der Waals surface area contributed by atoms with Gasteiger partial charge in [-0.15, -0.1) is 0 Å². The number of carbonyl (C=O) groups excluding carboxylic acids is 1. The molecule has 0 spiro atoms. The van der Waals surface area contributed by atoms with E-state index in [1.807, 2.05) is 44.2 Å². The lowest BCUT2D eigenvalue weighted by atomic mass is 9.87. The number of fused-ring (bicyclic) bond motifs is 1. The van der Waals surface area contributed by atoms with Gasteiger partial charge in [0.05, 0.1) is 17.3 Å². The number of pyridine rings is 1. The average molecular weight is 301 g/mol. The largest absolute Gasteiger partial charge is 0.393 e. The summed E-state index contributed by atoms with van der Waals surface area (Å²) in [6.07, 6.45) is 1.95. The lowest BCUT2D eigenvalue weighted by Gasteiger charge is -2.26. The second-order valence-electron chi connectivity index (χ2n) is 6.41. The Morgan fingerprint density at radius 1 is 1.32 bits per heavy atom. The monoisotopic (exact) mass is 301 g/mol. The van der Waals surface area contributed by atoms with Crippen molar-refractivity contribution in [2.75, 3.05) is 11.9 Å². The number of aliphatic hydroxyl groups excluding tert-OH is 1. The van der Waals surface area contributed by atoms with Crippen LogP contribution in [0.1, 0.15) is 27.2 Å². The normalized spacial score (nSPS) is 12.9. The second-order valence-corrected chi connectivity index (χ2v) is 6.41. The summed E-state index contributed by atoms with van der Waals surface area (Å²) in [7, 11) is 0. The van der Waals surface area contributed by atoms with E-state index in [9.17, 15) is 9.90 Å². The molecule has 0 fully saturated rings. The van der Waals surface area contributed by atoms with Crippen molar-refractivity contribution in [3.63, 3.8) is 0 Å². The molecule has 0 saturated carbocycles. The molecule has 118 valence electrons. The minimum Gasteiger partial charge on any atom is -0.393 e. The quantitative estimate of drug-likeness (QED) is 0.794. The molecule has 5 nitrogen and oxygen atoms in total. The van der Waals surface area contributed by atoms with Crippen molar-refractivity contribution in [1.82, 2.24) is 10.3 Å². The first-order valence-electron chi connectivity index (χ1n) is 7.44. The third-order valence-electron chi connectivity index (χ3n) is 3.46. The minimum absolute atomic E-state index is 0.164. The summed E-state index contributed by atoms with van der Waals surface area (Å²) in [6, 6.07) is 9.23. The summed E-state index contributed by atoms with van der Waals surface area (Å²) < 4.78 is 0. The van der Waals surface area contributed by atoms with Crippen molar-refractivity contribution >= 4 is 22.6 Å². The first kappa shape index (κ1) is 16.2. The number of benzene rings is 1. The highest BCUT2D eigenvalue weighted by molar-refractivity contribution is 5.99.